The fraction of sp³-hybridized carbons (Fsp3) is 0.818. The lowest BCUT2D eigenvalue weighted by molar-refractivity contribution is -0.422. The fourth-order valence-corrected chi connectivity index (χ4v) is 1.26. The van der Waals surface area contributed by atoms with Gasteiger partial charge in [-0.3, -0.25) is 0 Å². The van der Waals surface area contributed by atoms with Crippen LogP contribution in [0.1, 0.15) is 52.4 Å². The quantitative estimate of drug-likeness (QED) is 0.406. The molecule has 0 spiro atoms. The zero-order valence-corrected chi connectivity index (χ0v) is 9.87. The second-order valence-electron chi connectivity index (χ2n) is 3.46. The van der Waals surface area contributed by atoms with Gasteiger partial charge in [0.25, 0.3) is 0 Å². The molecule has 3 N–H and O–H groups in total. The van der Waals surface area contributed by atoms with Gasteiger partial charge in [0.15, 0.2) is 0 Å². The van der Waals surface area contributed by atoms with Crippen LogP contribution in [0.5, 0.6) is 0 Å². The molecule has 0 aromatic heterocycles. The Hall–Kier alpha value is -1.17. The van der Waals surface area contributed by atoms with Crippen molar-refractivity contribution in [3.05, 3.63) is 5.41 Å². The summed E-state index contributed by atoms with van der Waals surface area (Å²) in [5.74, 6) is 0. The molecule has 0 aliphatic heterocycles. The summed E-state index contributed by atoms with van der Waals surface area (Å²) in [6.45, 7) is 4.48. The molecule has 0 saturated heterocycles. The summed E-state index contributed by atoms with van der Waals surface area (Å²) in [4.78, 5) is 2.58. The molecule has 4 heteroatoms. The first-order chi connectivity index (χ1) is 7.22. The van der Waals surface area contributed by atoms with Gasteiger partial charge < -0.3 is 16.1 Å². The van der Waals surface area contributed by atoms with E-state index >= 15 is 0 Å². The predicted molar refractivity (Wildman–Crippen MR) is 62.1 cm³/mol. The zero-order valence-electron chi connectivity index (χ0n) is 9.87. The minimum absolute atomic E-state index is 0.719. The first-order valence-corrected chi connectivity index (χ1v) is 5.53. The van der Waals surface area contributed by atoms with Crippen molar-refractivity contribution < 1.29 is 5.73 Å². The van der Waals surface area contributed by atoms with Gasteiger partial charge in [0.05, 0.1) is 12.2 Å². The third kappa shape index (κ3) is 19.3. The number of nitriles is 1. The topological polar surface area (TPSA) is 86.1 Å². The van der Waals surface area contributed by atoms with Gasteiger partial charge in [-0.25, -0.2) is 0 Å². The van der Waals surface area contributed by atoms with E-state index in [1.807, 2.05) is 0 Å². The summed E-state index contributed by atoms with van der Waals surface area (Å²) in [7, 11) is 0. The molecule has 0 amide bonds. The molecule has 0 aliphatic carbocycles. The summed E-state index contributed by atoms with van der Waals surface area (Å²) >= 11 is 0. The van der Waals surface area contributed by atoms with Crippen LogP contribution in [-0.4, -0.2) is 12.1 Å². The molecule has 4 nitrogen and oxygen atoms in total. The lowest BCUT2D eigenvalue weighted by Crippen LogP contribution is -2.60. The van der Waals surface area contributed by atoms with Crippen LogP contribution in [0.25, 0.3) is 5.41 Å². The van der Waals surface area contributed by atoms with E-state index in [1.165, 1.54) is 50.7 Å². The van der Waals surface area contributed by atoms with E-state index in [1.54, 1.807) is 0 Å². The molecule has 1 atom stereocenters. The van der Waals surface area contributed by atoms with Crippen LogP contribution in [0.3, 0.4) is 0 Å². The van der Waals surface area contributed by atoms with E-state index in [2.05, 4.69) is 24.6 Å². The van der Waals surface area contributed by atoms with E-state index in [-0.39, 0.29) is 0 Å². The number of hydrogen-bond donors (Lipinski definition) is 1. The Balaban J connectivity index is 0. The Morgan fingerprint density at radius 3 is 2.27 bits per heavy atom. The molecule has 0 aliphatic rings. The fourth-order valence-electron chi connectivity index (χ4n) is 1.26. The van der Waals surface area contributed by atoms with Crippen LogP contribution in [-0.2, 0) is 0 Å². The highest BCUT2D eigenvalue weighted by atomic mass is 14.7. The average molecular weight is 210 g/mol. The standard InChI is InChI=1S/C9H21N.C2N3/c1-3-5-6-8-9(10)7-4-2;3-1-5-2-4/h9H,3-8,10H2,1-2H3;/q;-1/p+1. The summed E-state index contributed by atoms with van der Waals surface area (Å²) in [5, 5.41) is 14.9. The van der Waals surface area contributed by atoms with E-state index in [4.69, 9.17) is 10.7 Å². The third-order valence-corrected chi connectivity index (χ3v) is 2.01. The minimum Gasteiger partial charge on any atom is -0.422 e. The van der Waals surface area contributed by atoms with E-state index in [9.17, 15) is 0 Å². The van der Waals surface area contributed by atoms with Crippen LogP contribution in [0.15, 0.2) is 4.99 Å². The van der Waals surface area contributed by atoms with Crippen LogP contribution in [0.4, 0.5) is 0 Å². The lowest BCUT2D eigenvalue weighted by atomic mass is 10.1. The van der Waals surface area contributed by atoms with E-state index in [0.29, 0.717) is 0 Å². The Morgan fingerprint density at radius 2 is 1.93 bits per heavy atom. The Kier molecular flexibility index (Phi) is 16.6. The molecule has 0 aromatic rings. The summed E-state index contributed by atoms with van der Waals surface area (Å²) < 4.78 is 0. The van der Waals surface area contributed by atoms with Gasteiger partial charge in [-0.15, -0.1) is 6.01 Å². The highest BCUT2D eigenvalue weighted by molar-refractivity contribution is 5.46. The molecule has 15 heavy (non-hydrogen) atoms. The van der Waals surface area contributed by atoms with Gasteiger partial charge in [0.2, 0.25) is 0 Å². The van der Waals surface area contributed by atoms with Crippen LogP contribution in [0.2, 0.25) is 0 Å². The van der Waals surface area contributed by atoms with Crippen LogP contribution < -0.4 is 5.73 Å². The highest BCUT2D eigenvalue weighted by Crippen LogP contribution is 2.04. The van der Waals surface area contributed by atoms with Crippen LogP contribution >= 0.6 is 0 Å². The van der Waals surface area contributed by atoms with Crippen molar-refractivity contribution in [2.75, 3.05) is 0 Å². The molecule has 0 fully saturated rings. The number of unbranched alkanes of at least 4 members (excludes halogenated alkanes) is 2. The van der Waals surface area contributed by atoms with Gasteiger partial charge in [0, 0.05) is 0 Å². The average Bonchev–Trinajstić information content (AvgIpc) is 2.21. The Bertz CT molecular complexity index is 201. The van der Waals surface area contributed by atoms with Gasteiger partial charge in [0.1, 0.15) is 0 Å². The highest BCUT2D eigenvalue weighted by Gasteiger charge is 2.02. The number of quaternary nitrogens is 1. The molecule has 86 valence electrons. The number of hydrogen-bond acceptors (Lipinski definition) is 2. The molecule has 0 rings (SSSR count). The van der Waals surface area contributed by atoms with Crippen LogP contribution in [0, 0.1) is 11.5 Å². The largest absolute Gasteiger partial charge is 0.422 e. The van der Waals surface area contributed by atoms with Gasteiger partial charge >= 0.3 is 0 Å². The Labute approximate surface area is 92.7 Å². The van der Waals surface area contributed by atoms with Gasteiger partial charge in [-0.2, -0.15) is 5.26 Å². The Morgan fingerprint density at radius 1 is 1.27 bits per heavy atom. The normalized spacial score (nSPS) is 10.3. The second-order valence-corrected chi connectivity index (χ2v) is 3.46. The van der Waals surface area contributed by atoms with Crippen molar-refractivity contribution in [2.45, 2.75) is 58.4 Å². The molecule has 0 bridgehead atoms. The molecular weight excluding hydrogens is 188 g/mol. The van der Waals surface area contributed by atoms with Crippen molar-refractivity contribution >= 4 is 6.01 Å². The maximum atomic E-state index is 7.43. The van der Waals surface area contributed by atoms with E-state index in [0.717, 1.165) is 6.04 Å². The first-order valence-electron chi connectivity index (χ1n) is 5.53. The summed E-state index contributed by atoms with van der Waals surface area (Å²) in [5.41, 5.74) is 4.10. The monoisotopic (exact) mass is 210 g/mol. The van der Waals surface area contributed by atoms with Crippen molar-refractivity contribution in [3.8, 4) is 6.19 Å². The van der Waals surface area contributed by atoms with Crippen molar-refractivity contribution in [2.24, 2.45) is 4.99 Å². The van der Waals surface area contributed by atoms with Crippen molar-refractivity contribution in [1.29, 1.82) is 5.26 Å². The third-order valence-electron chi connectivity index (χ3n) is 2.01. The summed E-state index contributed by atoms with van der Waals surface area (Å²) in [6.07, 6.45) is 9.31. The van der Waals surface area contributed by atoms with Gasteiger partial charge in [-0.1, -0.05) is 33.1 Å². The molecule has 0 heterocycles. The van der Waals surface area contributed by atoms with E-state index < -0.39 is 0 Å². The lowest BCUT2D eigenvalue weighted by Gasteiger charge is -2.04. The number of rotatable bonds is 6. The van der Waals surface area contributed by atoms with Crippen molar-refractivity contribution in [3.63, 3.8) is 0 Å². The first kappa shape index (κ1) is 16.3. The molecule has 0 radical (unpaired) electrons. The smallest absolute Gasteiger partial charge is 0.0925 e. The number of aliphatic imine (C=N–C) groups is 1. The minimum atomic E-state index is 0.719. The predicted octanol–water partition coefficient (Wildman–Crippen LogP) is 2.19. The maximum Gasteiger partial charge on any atom is 0.0925 e. The maximum absolute atomic E-state index is 7.43. The number of nitrogens with zero attached hydrogens (tertiary/aromatic N) is 3. The second kappa shape index (κ2) is 15.3. The SMILES string of the molecule is CCCCCC([NH3+])CCC.N#CN=C=[N-]. The summed E-state index contributed by atoms with van der Waals surface area (Å²) in [6, 6.07) is 2.00. The molecular formula is C11H22N4. The molecule has 1 unspecified atom stereocenters. The van der Waals surface area contributed by atoms with Crippen molar-refractivity contribution in [1.82, 2.24) is 0 Å². The molecule has 0 saturated carbocycles. The zero-order chi connectivity index (χ0) is 11.9. The molecule has 0 aromatic carbocycles. The van der Waals surface area contributed by atoms with Gasteiger partial charge in [-0.05, 0) is 19.3 Å².